The molecule has 8 heteroatoms. The van der Waals surface area contributed by atoms with E-state index in [1.54, 1.807) is 4.31 Å². The predicted molar refractivity (Wildman–Crippen MR) is 107 cm³/mol. The van der Waals surface area contributed by atoms with Crippen LogP contribution in [0, 0.1) is 12.8 Å². The fraction of sp³-hybridized carbons (Fsp3) is 0.632. The highest BCUT2D eigenvalue weighted by atomic mass is 32.2. The Balaban J connectivity index is 0.00000114. The van der Waals surface area contributed by atoms with Crippen molar-refractivity contribution in [3.63, 3.8) is 0 Å². The number of hydrogen-bond acceptors (Lipinski definition) is 5. The third-order valence-electron chi connectivity index (χ3n) is 4.58. The molecule has 1 aliphatic heterocycles. The number of nitrogens with zero attached hydrogens (tertiary/aromatic N) is 2. The van der Waals surface area contributed by atoms with E-state index in [4.69, 9.17) is 14.6 Å². The van der Waals surface area contributed by atoms with Gasteiger partial charge in [0.15, 0.2) is 0 Å². The van der Waals surface area contributed by atoms with E-state index in [1.807, 2.05) is 31.2 Å². The molecule has 1 aromatic carbocycles. The van der Waals surface area contributed by atoms with Crippen molar-refractivity contribution >= 4 is 16.5 Å². The normalized spacial score (nSPS) is 15.9. The number of piperidine rings is 1. The summed E-state index contributed by atoms with van der Waals surface area (Å²) >= 11 is 0. The summed E-state index contributed by atoms with van der Waals surface area (Å²) in [5.41, 5.74) is 1.16. The minimum Gasteiger partial charge on any atom is -0.492 e. The molecule has 0 atom stereocenters. The SMILES string of the molecule is Cc1ccc(OCCS(=O)(=O)N2CCC(CCN(C)C)CC2)cc1.O=CO. The zero-order chi connectivity index (χ0) is 20.3. The first-order valence-corrected chi connectivity index (χ1v) is 10.8. The maximum atomic E-state index is 12.4. The molecule has 1 heterocycles. The van der Waals surface area contributed by atoms with Gasteiger partial charge in [0.25, 0.3) is 6.47 Å². The molecular weight excluding hydrogens is 368 g/mol. The fourth-order valence-electron chi connectivity index (χ4n) is 2.95. The molecule has 0 saturated carbocycles. The molecule has 0 bridgehead atoms. The number of aryl methyl sites for hydroxylation is 1. The first kappa shape index (κ1) is 23.4. The lowest BCUT2D eigenvalue weighted by atomic mass is 9.94. The molecule has 0 unspecified atom stereocenters. The van der Waals surface area contributed by atoms with Gasteiger partial charge in [-0.25, -0.2) is 12.7 Å². The van der Waals surface area contributed by atoms with Gasteiger partial charge in [-0.15, -0.1) is 0 Å². The number of sulfonamides is 1. The van der Waals surface area contributed by atoms with E-state index in [1.165, 1.54) is 0 Å². The smallest absolute Gasteiger partial charge is 0.290 e. The zero-order valence-corrected chi connectivity index (χ0v) is 17.3. The van der Waals surface area contributed by atoms with Crippen molar-refractivity contribution in [1.29, 1.82) is 0 Å². The highest BCUT2D eigenvalue weighted by Gasteiger charge is 2.27. The van der Waals surface area contributed by atoms with Crippen molar-refractivity contribution in [2.24, 2.45) is 5.92 Å². The average Bonchev–Trinajstić information content (AvgIpc) is 2.62. The van der Waals surface area contributed by atoms with E-state index >= 15 is 0 Å². The summed E-state index contributed by atoms with van der Waals surface area (Å²) in [4.78, 5) is 10.5. The van der Waals surface area contributed by atoms with Gasteiger partial charge in [0.05, 0.1) is 5.75 Å². The number of rotatable bonds is 8. The average molecular weight is 401 g/mol. The lowest BCUT2D eigenvalue weighted by Crippen LogP contribution is -2.41. The van der Waals surface area contributed by atoms with Gasteiger partial charge in [0.2, 0.25) is 10.0 Å². The van der Waals surface area contributed by atoms with Crippen molar-refractivity contribution in [1.82, 2.24) is 9.21 Å². The van der Waals surface area contributed by atoms with Crippen molar-refractivity contribution < 1.29 is 23.1 Å². The standard InChI is InChI=1S/C18H30N2O3S.CH2O2/c1-16-4-6-18(7-5-16)23-14-15-24(21,22)20-12-9-17(10-13-20)8-11-19(2)3;2-1-3/h4-7,17H,8-15H2,1-3H3;1H,(H,2,3). The van der Waals surface area contributed by atoms with Gasteiger partial charge in [-0.05, 0) is 64.9 Å². The highest BCUT2D eigenvalue weighted by Crippen LogP contribution is 2.22. The molecule has 1 fully saturated rings. The van der Waals surface area contributed by atoms with Crippen LogP contribution >= 0.6 is 0 Å². The molecule has 1 aromatic rings. The number of ether oxygens (including phenoxy) is 1. The minimum atomic E-state index is -3.22. The topological polar surface area (TPSA) is 87.2 Å². The molecular formula is C19H32N2O5S. The quantitative estimate of drug-likeness (QED) is 0.672. The van der Waals surface area contributed by atoms with Crippen molar-refractivity contribution in [2.75, 3.05) is 46.1 Å². The second kappa shape index (κ2) is 11.9. The van der Waals surface area contributed by atoms with E-state index in [-0.39, 0.29) is 18.8 Å². The van der Waals surface area contributed by atoms with Gasteiger partial charge in [-0.2, -0.15) is 0 Å². The van der Waals surface area contributed by atoms with Crippen LogP contribution in [0.1, 0.15) is 24.8 Å². The van der Waals surface area contributed by atoms with Crippen LogP contribution in [0.15, 0.2) is 24.3 Å². The molecule has 7 nitrogen and oxygen atoms in total. The van der Waals surface area contributed by atoms with Gasteiger partial charge in [-0.1, -0.05) is 17.7 Å². The van der Waals surface area contributed by atoms with Crippen LogP contribution in [0.5, 0.6) is 5.75 Å². The van der Waals surface area contributed by atoms with Gasteiger partial charge < -0.3 is 14.7 Å². The number of carbonyl (C=O) groups is 1. The molecule has 154 valence electrons. The van der Waals surface area contributed by atoms with Gasteiger partial charge in [0, 0.05) is 13.1 Å². The summed E-state index contributed by atoms with van der Waals surface area (Å²) in [6.07, 6.45) is 3.08. The summed E-state index contributed by atoms with van der Waals surface area (Å²) < 4.78 is 32.1. The van der Waals surface area contributed by atoms with Crippen LogP contribution < -0.4 is 4.74 Å². The summed E-state index contributed by atoms with van der Waals surface area (Å²) in [5.74, 6) is 1.41. The summed E-state index contributed by atoms with van der Waals surface area (Å²) in [6.45, 7) is 4.32. The lowest BCUT2D eigenvalue weighted by Gasteiger charge is -2.31. The zero-order valence-electron chi connectivity index (χ0n) is 16.5. The third-order valence-corrected chi connectivity index (χ3v) is 6.42. The van der Waals surface area contributed by atoms with Crippen LogP contribution in [0.4, 0.5) is 0 Å². The van der Waals surface area contributed by atoms with Crippen molar-refractivity contribution in [3.8, 4) is 5.75 Å². The summed E-state index contributed by atoms with van der Waals surface area (Å²) in [6, 6.07) is 7.67. The van der Waals surface area contributed by atoms with Crippen LogP contribution in [0.2, 0.25) is 0 Å². The minimum absolute atomic E-state index is 0.0449. The lowest BCUT2D eigenvalue weighted by molar-refractivity contribution is -0.122. The van der Waals surface area contributed by atoms with Crippen LogP contribution in [-0.2, 0) is 14.8 Å². The first-order chi connectivity index (χ1) is 12.8. The third kappa shape index (κ3) is 9.21. The molecule has 0 aromatic heterocycles. The highest BCUT2D eigenvalue weighted by molar-refractivity contribution is 7.89. The van der Waals surface area contributed by atoms with E-state index in [0.717, 1.165) is 37.1 Å². The maximum Gasteiger partial charge on any atom is 0.290 e. The Kier molecular flexibility index (Phi) is 10.4. The van der Waals surface area contributed by atoms with Crippen molar-refractivity contribution in [3.05, 3.63) is 29.8 Å². The monoisotopic (exact) mass is 400 g/mol. The molecule has 1 saturated heterocycles. The summed E-state index contributed by atoms with van der Waals surface area (Å²) in [7, 11) is 0.936. The number of hydrogen-bond donors (Lipinski definition) is 1. The molecule has 0 aliphatic carbocycles. The molecule has 2 rings (SSSR count). The van der Waals surface area contributed by atoms with E-state index in [0.29, 0.717) is 19.0 Å². The van der Waals surface area contributed by atoms with Gasteiger partial charge >= 0.3 is 0 Å². The Bertz CT molecular complexity index is 639. The Morgan fingerprint density at radius 3 is 2.30 bits per heavy atom. The maximum absolute atomic E-state index is 12.4. The Labute approximate surface area is 163 Å². The molecule has 1 N–H and O–H groups in total. The van der Waals surface area contributed by atoms with E-state index in [9.17, 15) is 8.42 Å². The van der Waals surface area contributed by atoms with Gasteiger partial charge in [-0.3, -0.25) is 4.79 Å². The van der Waals surface area contributed by atoms with Crippen LogP contribution in [-0.4, -0.2) is 75.3 Å². The molecule has 27 heavy (non-hydrogen) atoms. The van der Waals surface area contributed by atoms with Crippen LogP contribution in [0.3, 0.4) is 0 Å². The second-order valence-corrected chi connectivity index (χ2v) is 9.11. The second-order valence-electron chi connectivity index (χ2n) is 7.02. The van der Waals surface area contributed by atoms with Crippen molar-refractivity contribution in [2.45, 2.75) is 26.2 Å². The van der Waals surface area contributed by atoms with Gasteiger partial charge in [0.1, 0.15) is 12.4 Å². The molecule has 0 spiro atoms. The Morgan fingerprint density at radius 1 is 1.22 bits per heavy atom. The number of carboxylic acid groups (broad SMARTS) is 1. The number of benzene rings is 1. The van der Waals surface area contributed by atoms with Crippen LogP contribution in [0.25, 0.3) is 0 Å². The Morgan fingerprint density at radius 2 is 1.78 bits per heavy atom. The van der Waals surface area contributed by atoms with E-state index < -0.39 is 10.0 Å². The molecule has 0 amide bonds. The molecule has 0 radical (unpaired) electrons. The molecule has 1 aliphatic rings. The predicted octanol–water partition coefficient (Wildman–Crippen LogP) is 2.07. The largest absolute Gasteiger partial charge is 0.492 e. The summed E-state index contributed by atoms with van der Waals surface area (Å²) in [5, 5.41) is 6.89. The Hall–Kier alpha value is -1.64. The first-order valence-electron chi connectivity index (χ1n) is 9.18. The fourth-order valence-corrected chi connectivity index (χ4v) is 4.26. The van der Waals surface area contributed by atoms with E-state index in [2.05, 4.69) is 19.0 Å².